The molecule has 26 heavy (non-hydrogen) atoms. The van der Waals surface area contributed by atoms with Crippen molar-refractivity contribution in [2.45, 2.75) is 13.5 Å². The van der Waals surface area contributed by atoms with Gasteiger partial charge in [0.2, 0.25) is 0 Å². The normalized spacial score (nSPS) is 14.4. The maximum atomic E-state index is 13.7. The molecule has 1 aliphatic rings. The van der Waals surface area contributed by atoms with Gasteiger partial charge in [0.05, 0.1) is 23.8 Å². The van der Waals surface area contributed by atoms with Gasteiger partial charge in [-0.25, -0.2) is 9.37 Å². The fourth-order valence-corrected chi connectivity index (χ4v) is 3.17. The summed E-state index contributed by atoms with van der Waals surface area (Å²) >= 11 is 6.36. The molecule has 7 heteroatoms. The largest absolute Gasteiger partial charge is 0.378 e. The molecule has 1 aromatic carbocycles. The van der Waals surface area contributed by atoms with E-state index in [0.717, 1.165) is 5.56 Å². The summed E-state index contributed by atoms with van der Waals surface area (Å²) in [4.78, 5) is 20.4. The van der Waals surface area contributed by atoms with Gasteiger partial charge in [0, 0.05) is 32.9 Å². The Morgan fingerprint density at radius 1 is 1.35 bits per heavy atom. The summed E-state index contributed by atoms with van der Waals surface area (Å²) in [7, 11) is 1.83. The van der Waals surface area contributed by atoms with E-state index in [1.54, 1.807) is 24.0 Å². The number of rotatable bonds is 4. The van der Waals surface area contributed by atoms with E-state index in [9.17, 15) is 9.18 Å². The van der Waals surface area contributed by atoms with E-state index < -0.39 is 0 Å². The Balaban J connectivity index is 1.73. The van der Waals surface area contributed by atoms with Gasteiger partial charge in [-0.2, -0.15) is 0 Å². The summed E-state index contributed by atoms with van der Waals surface area (Å²) in [6, 6.07) is 6.76. The van der Waals surface area contributed by atoms with E-state index in [4.69, 9.17) is 16.3 Å². The average Bonchev–Trinajstić information content (AvgIpc) is 2.64. The lowest BCUT2D eigenvalue weighted by Gasteiger charge is -2.27. The summed E-state index contributed by atoms with van der Waals surface area (Å²) in [5, 5.41) is 0.388. The minimum atomic E-state index is -0.235. The van der Waals surface area contributed by atoms with Crippen LogP contribution in [0.2, 0.25) is 5.02 Å². The smallest absolute Gasteiger partial charge is 0.255 e. The molecule has 0 spiro atoms. The molecular formula is C19H21ClFN3O2. The molecule has 1 aromatic heterocycles. The Hall–Kier alpha value is -2.18. The Morgan fingerprint density at radius 3 is 2.73 bits per heavy atom. The highest BCUT2D eigenvalue weighted by atomic mass is 35.5. The third kappa shape index (κ3) is 4.14. The van der Waals surface area contributed by atoms with E-state index in [0.29, 0.717) is 54.8 Å². The number of aryl methyl sites for hydroxylation is 1. The highest BCUT2D eigenvalue weighted by Gasteiger charge is 2.20. The molecule has 0 aliphatic carbocycles. The van der Waals surface area contributed by atoms with Crippen LogP contribution in [-0.4, -0.2) is 49.1 Å². The lowest BCUT2D eigenvalue weighted by atomic mass is 10.1. The second-order valence-electron chi connectivity index (χ2n) is 6.37. The van der Waals surface area contributed by atoms with Gasteiger partial charge in [0.1, 0.15) is 11.6 Å². The van der Waals surface area contributed by atoms with Crippen molar-refractivity contribution in [3.63, 3.8) is 0 Å². The van der Waals surface area contributed by atoms with Crippen molar-refractivity contribution in [3.05, 3.63) is 58.0 Å². The number of aromatic nitrogens is 1. The Kier molecular flexibility index (Phi) is 5.74. The molecule has 0 radical (unpaired) electrons. The van der Waals surface area contributed by atoms with E-state index in [2.05, 4.69) is 4.98 Å². The van der Waals surface area contributed by atoms with Crippen LogP contribution in [0.5, 0.6) is 0 Å². The number of nitrogens with zero attached hydrogens (tertiary/aromatic N) is 3. The maximum absolute atomic E-state index is 13.7. The van der Waals surface area contributed by atoms with Crippen molar-refractivity contribution in [3.8, 4) is 0 Å². The van der Waals surface area contributed by atoms with Gasteiger partial charge in [-0.1, -0.05) is 23.7 Å². The van der Waals surface area contributed by atoms with Gasteiger partial charge < -0.3 is 14.5 Å². The van der Waals surface area contributed by atoms with Crippen molar-refractivity contribution in [2.24, 2.45) is 0 Å². The molecule has 5 nitrogen and oxygen atoms in total. The number of hydrogen-bond donors (Lipinski definition) is 0. The second kappa shape index (κ2) is 8.01. The minimum Gasteiger partial charge on any atom is -0.378 e. The van der Waals surface area contributed by atoms with Crippen molar-refractivity contribution < 1.29 is 13.9 Å². The Morgan fingerprint density at radius 2 is 2.08 bits per heavy atom. The number of hydrogen-bond acceptors (Lipinski definition) is 4. The van der Waals surface area contributed by atoms with Crippen molar-refractivity contribution in [2.75, 3.05) is 38.3 Å². The molecule has 1 fully saturated rings. The Bertz CT molecular complexity index is 809. The molecular weight excluding hydrogens is 357 g/mol. The maximum Gasteiger partial charge on any atom is 0.255 e. The predicted octanol–water partition coefficient (Wildman–Crippen LogP) is 3.29. The fourth-order valence-electron chi connectivity index (χ4n) is 2.86. The molecule has 0 bridgehead atoms. The monoisotopic (exact) mass is 377 g/mol. The zero-order valence-corrected chi connectivity index (χ0v) is 15.6. The highest BCUT2D eigenvalue weighted by molar-refractivity contribution is 6.33. The zero-order valence-electron chi connectivity index (χ0n) is 14.8. The molecule has 1 amide bonds. The van der Waals surface area contributed by atoms with Crippen LogP contribution in [0.3, 0.4) is 0 Å². The van der Waals surface area contributed by atoms with Gasteiger partial charge >= 0.3 is 0 Å². The van der Waals surface area contributed by atoms with Crippen LogP contribution in [0.15, 0.2) is 30.5 Å². The number of anilines is 1. The van der Waals surface area contributed by atoms with Crippen LogP contribution < -0.4 is 4.90 Å². The molecule has 0 unspecified atom stereocenters. The molecule has 2 aromatic rings. The number of carbonyl (C=O) groups is 1. The summed E-state index contributed by atoms with van der Waals surface area (Å²) in [6.07, 6.45) is 1.53. The predicted molar refractivity (Wildman–Crippen MR) is 99.2 cm³/mol. The number of amides is 1. The molecule has 0 N–H and O–H groups in total. The van der Waals surface area contributed by atoms with Crippen molar-refractivity contribution in [1.82, 2.24) is 9.88 Å². The third-order valence-electron chi connectivity index (χ3n) is 4.38. The number of morpholine rings is 1. The topological polar surface area (TPSA) is 45.7 Å². The quantitative estimate of drug-likeness (QED) is 0.820. The number of benzene rings is 1. The second-order valence-corrected chi connectivity index (χ2v) is 6.78. The van der Waals surface area contributed by atoms with Crippen LogP contribution in [-0.2, 0) is 11.3 Å². The van der Waals surface area contributed by atoms with E-state index in [1.165, 1.54) is 12.3 Å². The van der Waals surface area contributed by atoms with Crippen LogP contribution in [0.25, 0.3) is 0 Å². The van der Waals surface area contributed by atoms with Gasteiger partial charge in [0.25, 0.3) is 5.91 Å². The summed E-state index contributed by atoms with van der Waals surface area (Å²) in [5.41, 5.74) is 1.89. The number of halogens is 2. The number of ether oxygens (including phenoxy) is 1. The molecule has 1 saturated heterocycles. The summed E-state index contributed by atoms with van der Waals surface area (Å²) in [5.74, 6) is 0.213. The van der Waals surface area contributed by atoms with Crippen molar-refractivity contribution in [1.29, 1.82) is 0 Å². The van der Waals surface area contributed by atoms with Crippen LogP contribution in [0.4, 0.5) is 10.2 Å². The molecule has 0 saturated carbocycles. The standard InChI is InChI=1S/C19H21ClFN3O2/c1-13-3-4-14(9-17(13)21)12-23(2)18-16(20)10-15(11-22-18)19(25)24-5-7-26-8-6-24/h3-4,9-11H,5-8,12H2,1-2H3. The first-order valence-electron chi connectivity index (χ1n) is 8.44. The molecule has 3 rings (SSSR count). The lowest BCUT2D eigenvalue weighted by Crippen LogP contribution is -2.40. The van der Waals surface area contributed by atoms with Crippen molar-refractivity contribution >= 4 is 23.3 Å². The molecule has 2 heterocycles. The van der Waals surface area contributed by atoms with Gasteiger partial charge in [-0.15, -0.1) is 0 Å². The summed E-state index contributed by atoms with van der Waals surface area (Å²) in [6.45, 7) is 4.40. The molecule has 1 aliphatic heterocycles. The van der Waals surface area contributed by atoms with Gasteiger partial charge in [-0.3, -0.25) is 4.79 Å². The van der Waals surface area contributed by atoms with Crippen LogP contribution >= 0.6 is 11.6 Å². The first-order chi connectivity index (χ1) is 12.5. The Labute approximate surface area is 157 Å². The van der Waals surface area contributed by atoms with E-state index >= 15 is 0 Å². The first kappa shape index (κ1) is 18.6. The van der Waals surface area contributed by atoms with E-state index in [-0.39, 0.29) is 11.7 Å². The van der Waals surface area contributed by atoms with Crippen LogP contribution in [0, 0.1) is 12.7 Å². The number of carbonyl (C=O) groups excluding carboxylic acids is 1. The van der Waals surface area contributed by atoms with Crippen LogP contribution in [0.1, 0.15) is 21.5 Å². The van der Waals surface area contributed by atoms with Gasteiger partial charge in [-0.05, 0) is 30.2 Å². The fraction of sp³-hybridized carbons (Fsp3) is 0.368. The highest BCUT2D eigenvalue weighted by Crippen LogP contribution is 2.25. The SMILES string of the molecule is Cc1ccc(CN(C)c2ncc(C(=O)N3CCOCC3)cc2Cl)cc1F. The molecule has 0 atom stereocenters. The summed E-state index contributed by atoms with van der Waals surface area (Å²) < 4.78 is 19.0. The minimum absolute atomic E-state index is 0.0995. The zero-order chi connectivity index (χ0) is 18.7. The lowest BCUT2D eigenvalue weighted by molar-refractivity contribution is 0.0302. The van der Waals surface area contributed by atoms with E-state index in [1.807, 2.05) is 18.0 Å². The van der Waals surface area contributed by atoms with Gasteiger partial charge in [0.15, 0.2) is 0 Å². The first-order valence-corrected chi connectivity index (χ1v) is 8.82. The average molecular weight is 378 g/mol. The molecule has 138 valence electrons. The number of pyridine rings is 1. The third-order valence-corrected chi connectivity index (χ3v) is 4.66.